The zero-order valence-corrected chi connectivity index (χ0v) is 26.3. The van der Waals surface area contributed by atoms with Crippen LogP contribution in [-0.2, 0) is 0 Å². The van der Waals surface area contributed by atoms with Gasteiger partial charge in [-0.05, 0) is 30.6 Å². The van der Waals surface area contributed by atoms with E-state index in [4.69, 9.17) is 0 Å². The third-order valence-corrected chi connectivity index (χ3v) is 8.54. The van der Waals surface area contributed by atoms with Crippen molar-refractivity contribution in [3.63, 3.8) is 0 Å². The van der Waals surface area contributed by atoms with Crippen LogP contribution in [0, 0.1) is 11.3 Å². The number of alkyl halides is 3. The van der Waals surface area contributed by atoms with Crippen LogP contribution in [0.4, 0.5) is 0 Å². The predicted molar refractivity (Wildman–Crippen MR) is 155 cm³/mol. The van der Waals surface area contributed by atoms with Crippen LogP contribution in [-0.4, -0.2) is 2.14 Å². The molecular weight excluding hydrogens is 576 g/mol. The van der Waals surface area contributed by atoms with Gasteiger partial charge in [0.05, 0.1) is 0 Å². The maximum atomic E-state index is 3.83. The van der Waals surface area contributed by atoms with Gasteiger partial charge in [0.2, 0.25) is 0 Å². The number of hydrogen-bond acceptors (Lipinski definition) is 0. The molecule has 1 atom stereocenters. The molecule has 0 aromatic rings. The second-order valence-electron chi connectivity index (χ2n) is 11.1. The topological polar surface area (TPSA) is 0 Å². The van der Waals surface area contributed by atoms with Gasteiger partial charge in [-0.2, -0.15) is 0 Å². The van der Waals surface area contributed by atoms with E-state index >= 15 is 0 Å². The Bertz CT molecular complexity index is 367. The number of halogens is 3. The van der Waals surface area contributed by atoms with Gasteiger partial charge in [-0.3, -0.25) is 0 Å². The fourth-order valence-electron chi connectivity index (χ4n) is 4.46. The lowest BCUT2D eigenvalue weighted by Crippen LogP contribution is -2.17. The molecule has 0 nitrogen and oxygen atoms in total. The molecule has 0 aromatic heterocycles. The molecule has 0 aliphatic rings. The van der Waals surface area contributed by atoms with Crippen molar-refractivity contribution in [2.24, 2.45) is 11.3 Å². The number of unbranched alkanes of at least 4 members (excludes halogenated alkanes) is 16. The lowest BCUT2D eigenvalue weighted by atomic mass is 9.89. The Morgan fingerprint density at radius 1 is 0.484 bits per heavy atom. The molecule has 0 radical (unpaired) electrons. The van der Waals surface area contributed by atoms with Crippen molar-refractivity contribution < 1.29 is 0 Å². The highest BCUT2D eigenvalue weighted by atomic mass is 80.0. The summed E-state index contributed by atoms with van der Waals surface area (Å²) < 4.78 is -0.0683. The molecule has 31 heavy (non-hydrogen) atoms. The van der Waals surface area contributed by atoms with E-state index in [0.717, 1.165) is 0 Å². The highest BCUT2D eigenvalue weighted by molar-refractivity contribution is 9.39. The van der Waals surface area contributed by atoms with Crippen molar-refractivity contribution in [2.45, 2.75) is 165 Å². The molecule has 0 N–H and O–H groups in total. The van der Waals surface area contributed by atoms with Crippen molar-refractivity contribution in [1.82, 2.24) is 0 Å². The average molecular weight is 631 g/mol. The molecule has 0 aromatic carbocycles. The van der Waals surface area contributed by atoms with Gasteiger partial charge >= 0.3 is 0 Å². The third kappa shape index (κ3) is 24.4. The molecule has 1 unspecified atom stereocenters. The summed E-state index contributed by atoms with van der Waals surface area (Å²) >= 11 is 11.5. The zero-order valence-electron chi connectivity index (χ0n) is 21.6. The largest absolute Gasteiger partial charge is 0.137 e. The summed E-state index contributed by atoms with van der Waals surface area (Å²) in [5.74, 6) is 0.681. The van der Waals surface area contributed by atoms with Crippen LogP contribution < -0.4 is 0 Å². The number of hydrogen-bond donors (Lipinski definition) is 0. The van der Waals surface area contributed by atoms with E-state index in [-0.39, 0.29) is 2.14 Å². The first-order valence-electron chi connectivity index (χ1n) is 13.7. The van der Waals surface area contributed by atoms with Gasteiger partial charge in [0, 0.05) is 0 Å². The van der Waals surface area contributed by atoms with E-state index in [2.05, 4.69) is 75.5 Å². The van der Waals surface area contributed by atoms with Crippen LogP contribution in [0.2, 0.25) is 0 Å². The molecule has 0 fully saturated rings. The van der Waals surface area contributed by atoms with E-state index in [9.17, 15) is 0 Å². The number of rotatable bonds is 21. The van der Waals surface area contributed by atoms with Gasteiger partial charge in [0.15, 0.2) is 0 Å². The van der Waals surface area contributed by atoms with E-state index in [0.29, 0.717) is 11.3 Å². The molecule has 0 bridgehead atoms. The van der Waals surface area contributed by atoms with Crippen LogP contribution in [0.25, 0.3) is 0 Å². The first-order chi connectivity index (χ1) is 14.7. The molecule has 0 heterocycles. The van der Waals surface area contributed by atoms with Gasteiger partial charge in [-0.25, -0.2) is 0 Å². The van der Waals surface area contributed by atoms with Gasteiger partial charge in [-0.1, -0.05) is 191 Å². The Labute approximate surface area is 222 Å². The highest BCUT2D eigenvalue weighted by Crippen LogP contribution is 2.45. The molecule has 0 amide bonds. The fourth-order valence-corrected chi connectivity index (χ4v) is 5.83. The maximum Gasteiger partial charge on any atom is 0.137 e. The summed E-state index contributed by atoms with van der Waals surface area (Å²) in [6.07, 6.45) is 29.6. The zero-order chi connectivity index (χ0) is 23.4. The van der Waals surface area contributed by atoms with Gasteiger partial charge in [0.25, 0.3) is 0 Å². The Balaban J connectivity index is 3.60. The predicted octanol–water partition coefficient (Wildman–Crippen LogP) is 12.7. The van der Waals surface area contributed by atoms with Crippen molar-refractivity contribution >= 4 is 47.8 Å². The minimum absolute atomic E-state index is 0.0683. The van der Waals surface area contributed by atoms with Crippen molar-refractivity contribution in [2.75, 3.05) is 0 Å². The Morgan fingerprint density at radius 2 is 0.806 bits per heavy atom. The minimum Gasteiger partial charge on any atom is -0.0654 e. The van der Waals surface area contributed by atoms with Gasteiger partial charge in [-0.15, -0.1) is 0 Å². The molecular formula is C28H55Br3. The van der Waals surface area contributed by atoms with Crippen LogP contribution >= 0.6 is 47.8 Å². The van der Waals surface area contributed by atoms with E-state index in [1.807, 2.05) is 0 Å². The smallest absolute Gasteiger partial charge is 0.0654 e. The van der Waals surface area contributed by atoms with Crippen LogP contribution in [0.15, 0.2) is 0 Å². The Hall–Kier alpha value is 1.44. The molecule has 3 heteroatoms. The summed E-state index contributed by atoms with van der Waals surface area (Å²) in [4.78, 5) is 0. The highest BCUT2D eigenvalue weighted by Gasteiger charge is 2.29. The third-order valence-electron chi connectivity index (χ3n) is 6.60. The summed E-state index contributed by atoms with van der Waals surface area (Å²) in [6.45, 7) is 9.38. The van der Waals surface area contributed by atoms with E-state index < -0.39 is 0 Å². The lowest BCUT2D eigenvalue weighted by Gasteiger charge is -2.25. The SMILES string of the molecule is CCCCCCCCCCC(CCCCCCCCCCCCC(C)(C)C)C(Br)(Br)Br. The second-order valence-corrected chi connectivity index (χ2v) is 18.1. The normalized spacial score (nSPS) is 13.6. The van der Waals surface area contributed by atoms with Crippen molar-refractivity contribution in [3.8, 4) is 0 Å². The molecule has 0 saturated heterocycles. The van der Waals surface area contributed by atoms with Crippen LogP contribution in [0.1, 0.15) is 163 Å². The molecule has 0 aliphatic carbocycles. The van der Waals surface area contributed by atoms with Crippen LogP contribution in [0.5, 0.6) is 0 Å². The van der Waals surface area contributed by atoms with Crippen LogP contribution in [0.3, 0.4) is 0 Å². The molecule has 0 aliphatic heterocycles. The summed E-state index contributed by atoms with van der Waals surface area (Å²) in [5, 5.41) is 0. The first kappa shape index (κ1) is 32.4. The molecule has 0 saturated carbocycles. The van der Waals surface area contributed by atoms with Crippen molar-refractivity contribution in [3.05, 3.63) is 0 Å². The lowest BCUT2D eigenvalue weighted by molar-refractivity contribution is 0.356. The second kappa shape index (κ2) is 20.8. The average Bonchev–Trinajstić information content (AvgIpc) is 2.67. The summed E-state index contributed by atoms with van der Waals surface area (Å²) in [5.41, 5.74) is 0.519. The minimum atomic E-state index is -0.0683. The molecule has 188 valence electrons. The monoisotopic (exact) mass is 628 g/mol. The Morgan fingerprint density at radius 3 is 1.13 bits per heavy atom. The quantitative estimate of drug-likeness (QED) is 0.0874. The first-order valence-corrected chi connectivity index (χ1v) is 16.1. The van der Waals surface area contributed by atoms with Gasteiger partial charge < -0.3 is 0 Å². The van der Waals surface area contributed by atoms with E-state index in [1.54, 1.807) is 0 Å². The van der Waals surface area contributed by atoms with E-state index in [1.165, 1.54) is 135 Å². The summed E-state index contributed by atoms with van der Waals surface area (Å²) in [7, 11) is 0. The standard InChI is InChI=1S/C28H55Br3/c1-5-6-7-8-9-14-17-20-23-26(28(29,30)31)24-21-18-15-12-10-11-13-16-19-22-25-27(2,3)4/h26H,5-25H2,1-4H3. The molecule has 0 rings (SSSR count). The summed E-state index contributed by atoms with van der Waals surface area (Å²) in [6, 6.07) is 0. The maximum absolute atomic E-state index is 3.83. The molecule has 0 spiro atoms. The van der Waals surface area contributed by atoms with Crippen molar-refractivity contribution in [1.29, 1.82) is 0 Å². The fraction of sp³-hybridized carbons (Fsp3) is 1.00. The van der Waals surface area contributed by atoms with Gasteiger partial charge in [0.1, 0.15) is 2.14 Å². The Kier molecular flexibility index (Phi) is 21.7.